The van der Waals surface area contributed by atoms with Crippen LogP contribution in [0.5, 0.6) is 0 Å². The summed E-state index contributed by atoms with van der Waals surface area (Å²) in [6, 6.07) is 8.73. The van der Waals surface area contributed by atoms with Gasteiger partial charge in [0.2, 0.25) is 11.8 Å². The summed E-state index contributed by atoms with van der Waals surface area (Å²) in [6.45, 7) is 6.00. The zero-order valence-corrected chi connectivity index (χ0v) is 26.3. The highest BCUT2D eigenvalue weighted by atomic mass is 79.9. The largest absolute Gasteiger partial charge is 0.325 e. The van der Waals surface area contributed by atoms with Crippen LogP contribution in [0, 0.1) is 12.3 Å². The SMILES string of the molecule is CC(=O)c1nn(CC(=O)N2[C@H](C(=O)Nc3nc(Br)ccc3C)C[C@@]3(C)C[C@@H]23)c2ccc(-c3cnc(CN(C)C)nc3)cc12. The predicted molar refractivity (Wildman–Crippen MR) is 165 cm³/mol. The molecule has 1 N–H and O–H groups in total. The molecule has 2 aliphatic rings. The highest BCUT2D eigenvalue weighted by molar-refractivity contribution is 9.10. The molecule has 6 rings (SSSR count). The van der Waals surface area contributed by atoms with Crippen LogP contribution in [-0.2, 0) is 22.7 Å². The number of hydrogen-bond donors (Lipinski definition) is 1. The van der Waals surface area contributed by atoms with E-state index < -0.39 is 6.04 Å². The molecule has 1 aliphatic carbocycles. The highest BCUT2D eigenvalue weighted by Gasteiger charge is 2.64. The van der Waals surface area contributed by atoms with Crippen LogP contribution in [0.1, 0.15) is 48.6 Å². The molecule has 0 radical (unpaired) electrons. The summed E-state index contributed by atoms with van der Waals surface area (Å²) in [7, 11) is 3.92. The fourth-order valence-electron chi connectivity index (χ4n) is 6.01. The van der Waals surface area contributed by atoms with Crippen LogP contribution in [-0.4, -0.2) is 78.3 Å². The first-order valence-electron chi connectivity index (χ1n) is 14.2. The number of Topliss-reactive ketones (excluding diaryl/α,β-unsaturated/α-hetero) is 1. The molecule has 1 aliphatic heterocycles. The standard InChI is InChI=1S/C31H33BrN8O3/c1-17-6-9-25(32)35-29(17)36-30(43)23-11-31(3)12-24(31)40(23)27(42)16-39-22-8-7-19(10-21(22)28(37-39)18(2)41)20-13-33-26(34-14-20)15-38(4)5/h6-10,13-14,23-24H,11-12,15-16H2,1-5H3,(H,35,36,43)/t23-,24+,31-/m0/s1. The molecule has 3 atom stereocenters. The number of rotatable bonds is 8. The van der Waals surface area contributed by atoms with Crippen LogP contribution in [0.25, 0.3) is 22.0 Å². The molecule has 1 aromatic carbocycles. The molecule has 2 fully saturated rings. The van der Waals surface area contributed by atoms with Crippen LogP contribution >= 0.6 is 15.9 Å². The van der Waals surface area contributed by atoms with Crippen molar-refractivity contribution in [2.45, 2.75) is 58.8 Å². The van der Waals surface area contributed by atoms with Crippen LogP contribution in [0.4, 0.5) is 5.82 Å². The summed E-state index contributed by atoms with van der Waals surface area (Å²) >= 11 is 3.36. The minimum atomic E-state index is -0.618. The van der Waals surface area contributed by atoms with Crippen molar-refractivity contribution in [1.82, 2.24) is 34.5 Å². The number of nitrogens with zero attached hydrogens (tertiary/aromatic N) is 7. The van der Waals surface area contributed by atoms with Crippen molar-refractivity contribution in [2.24, 2.45) is 5.41 Å². The van der Waals surface area contributed by atoms with E-state index >= 15 is 0 Å². The number of anilines is 1. The molecular weight excluding hydrogens is 612 g/mol. The Kier molecular flexibility index (Phi) is 7.37. The first-order valence-corrected chi connectivity index (χ1v) is 15.0. The predicted octanol–water partition coefficient (Wildman–Crippen LogP) is 4.24. The van der Waals surface area contributed by atoms with Crippen molar-refractivity contribution in [3.8, 4) is 11.1 Å². The lowest BCUT2D eigenvalue weighted by Gasteiger charge is -2.27. The van der Waals surface area contributed by atoms with Gasteiger partial charge in [0, 0.05) is 36.3 Å². The van der Waals surface area contributed by atoms with Gasteiger partial charge < -0.3 is 15.1 Å². The van der Waals surface area contributed by atoms with E-state index in [0.717, 1.165) is 23.1 Å². The zero-order valence-electron chi connectivity index (χ0n) is 24.8. The van der Waals surface area contributed by atoms with E-state index in [4.69, 9.17) is 0 Å². The number of aryl methyl sites for hydroxylation is 1. The van der Waals surface area contributed by atoms with E-state index in [0.29, 0.717) is 40.1 Å². The van der Waals surface area contributed by atoms with Crippen molar-refractivity contribution in [3.05, 3.63) is 64.4 Å². The van der Waals surface area contributed by atoms with Crippen molar-refractivity contribution in [2.75, 3.05) is 19.4 Å². The minimum absolute atomic E-state index is 0.0107. The molecule has 2 amide bonds. The number of carbonyl (C=O) groups excluding carboxylic acids is 3. The number of nitrogens with one attached hydrogen (secondary N) is 1. The van der Waals surface area contributed by atoms with Gasteiger partial charge in [-0.25, -0.2) is 15.0 Å². The van der Waals surface area contributed by atoms with Gasteiger partial charge in [0.25, 0.3) is 0 Å². The van der Waals surface area contributed by atoms with Gasteiger partial charge in [-0.15, -0.1) is 0 Å². The Bertz CT molecular complexity index is 1770. The van der Waals surface area contributed by atoms with E-state index in [9.17, 15) is 14.4 Å². The smallest absolute Gasteiger partial charge is 0.248 e. The van der Waals surface area contributed by atoms with Gasteiger partial charge in [0.1, 0.15) is 34.5 Å². The lowest BCUT2D eigenvalue weighted by Crippen LogP contribution is -2.47. The molecule has 4 heterocycles. The van der Waals surface area contributed by atoms with Crippen molar-refractivity contribution in [1.29, 1.82) is 0 Å². The number of pyridine rings is 1. The highest BCUT2D eigenvalue weighted by Crippen LogP contribution is 2.59. The number of ketones is 1. The quantitative estimate of drug-likeness (QED) is 0.223. The maximum Gasteiger partial charge on any atom is 0.248 e. The molecule has 0 bridgehead atoms. The van der Waals surface area contributed by atoms with E-state index in [1.807, 2.05) is 56.3 Å². The molecule has 4 aromatic rings. The number of carbonyl (C=O) groups is 3. The first-order chi connectivity index (χ1) is 20.4. The zero-order chi connectivity index (χ0) is 30.6. The Morgan fingerprint density at radius 2 is 1.84 bits per heavy atom. The second-order valence-electron chi connectivity index (χ2n) is 12.1. The van der Waals surface area contributed by atoms with Gasteiger partial charge in [-0.3, -0.25) is 19.1 Å². The molecular formula is C31H33BrN8O3. The average Bonchev–Trinajstić information content (AvgIpc) is 3.32. The Morgan fingerprint density at radius 3 is 2.53 bits per heavy atom. The van der Waals surface area contributed by atoms with E-state index in [1.54, 1.807) is 22.0 Å². The third kappa shape index (κ3) is 5.56. The first kappa shape index (κ1) is 29.1. The van der Waals surface area contributed by atoms with Crippen molar-refractivity contribution < 1.29 is 14.4 Å². The Labute approximate surface area is 257 Å². The van der Waals surface area contributed by atoms with E-state index in [-0.39, 0.29) is 41.3 Å². The third-order valence-electron chi connectivity index (χ3n) is 8.40. The maximum absolute atomic E-state index is 13.9. The van der Waals surface area contributed by atoms with Crippen LogP contribution in [0.3, 0.4) is 0 Å². The fourth-order valence-corrected chi connectivity index (χ4v) is 6.32. The average molecular weight is 646 g/mol. The molecule has 1 saturated heterocycles. The van der Waals surface area contributed by atoms with Gasteiger partial charge in [0.05, 0.1) is 12.1 Å². The van der Waals surface area contributed by atoms with E-state index in [2.05, 4.69) is 48.2 Å². The molecule has 12 heteroatoms. The van der Waals surface area contributed by atoms with Gasteiger partial charge in [-0.1, -0.05) is 19.1 Å². The van der Waals surface area contributed by atoms with Crippen LogP contribution < -0.4 is 5.32 Å². The van der Waals surface area contributed by atoms with Crippen LogP contribution in [0.2, 0.25) is 0 Å². The van der Waals surface area contributed by atoms with Crippen LogP contribution in [0.15, 0.2) is 47.3 Å². The number of hydrogen-bond acceptors (Lipinski definition) is 8. The second kappa shape index (κ2) is 10.9. The maximum atomic E-state index is 13.9. The normalized spacial score (nSPS) is 20.9. The molecule has 43 heavy (non-hydrogen) atoms. The number of amides is 2. The summed E-state index contributed by atoms with van der Waals surface area (Å²) in [6.07, 6.45) is 4.98. The Balaban J connectivity index is 1.26. The van der Waals surface area contributed by atoms with Gasteiger partial charge in [0.15, 0.2) is 5.78 Å². The third-order valence-corrected chi connectivity index (χ3v) is 8.84. The summed E-state index contributed by atoms with van der Waals surface area (Å²) in [5, 5.41) is 8.14. The lowest BCUT2D eigenvalue weighted by atomic mass is 10.0. The summed E-state index contributed by atoms with van der Waals surface area (Å²) < 4.78 is 2.19. The summed E-state index contributed by atoms with van der Waals surface area (Å²) in [5.74, 6) is 0.521. The lowest BCUT2D eigenvalue weighted by molar-refractivity contribution is -0.138. The molecule has 0 unspecified atom stereocenters. The number of piperidine rings is 1. The molecule has 1 saturated carbocycles. The van der Waals surface area contributed by atoms with Gasteiger partial charge >= 0.3 is 0 Å². The summed E-state index contributed by atoms with van der Waals surface area (Å²) in [5.41, 5.74) is 3.36. The number of likely N-dealkylation sites (tertiary alicyclic amines) is 1. The number of halogens is 1. The van der Waals surface area contributed by atoms with Crippen molar-refractivity contribution in [3.63, 3.8) is 0 Å². The number of benzene rings is 1. The number of fused-ring (bicyclic) bond motifs is 2. The molecule has 0 spiro atoms. The number of aromatic nitrogens is 5. The molecule has 222 valence electrons. The molecule has 3 aromatic heterocycles. The second-order valence-corrected chi connectivity index (χ2v) is 12.9. The molecule has 11 nitrogen and oxygen atoms in total. The van der Waals surface area contributed by atoms with E-state index in [1.165, 1.54) is 6.92 Å². The van der Waals surface area contributed by atoms with Gasteiger partial charge in [-0.2, -0.15) is 5.10 Å². The minimum Gasteiger partial charge on any atom is -0.325 e. The van der Waals surface area contributed by atoms with Crippen molar-refractivity contribution >= 4 is 50.2 Å². The monoisotopic (exact) mass is 644 g/mol. The fraction of sp³-hybridized carbons (Fsp3) is 0.387. The van der Waals surface area contributed by atoms with Gasteiger partial charge in [-0.05, 0) is 84.5 Å². The summed E-state index contributed by atoms with van der Waals surface area (Å²) in [4.78, 5) is 57.0. The Morgan fingerprint density at radius 1 is 1.09 bits per heavy atom. The topological polar surface area (TPSA) is 126 Å². The Hall–Kier alpha value is -4.03.